The Bertz CT molecular complexity index is 351. The highest BCUT2D eigenvalue weighted by Gasteiger charge is 2.28. The molecule has 2 rings (SSSR count). The van der Waals surface area contributed by atoms with E-state index in [4.69, 9.17) is 5.73 Å². The number of nitrogens with two attached hydrogens (primary N) is 1. The molecule has 3 nitrogen and oxygen atoms in total. The van der Waals surface area contributed by atoms with Crippen molar-refractivity contribution in [1.29, 1.82) is 0 Å². The topological polar surface area (TPSA) is 42.2 Å². The maximum atomic E-state index is 5.74. The molecule has 0 bridgehead atoms. The number of aromatic nitrogens is 1. The summed E-state index contributed by atoms with van der Waals surface area (Å²) in [4.78, 5) is 6.95. The standard InChI is InChI=1S/C13H21N3/c1-10-4-3-5-15-13(10)9-16-8-12(7-14)6-11(16)2/h3-5,11-12H,6-9,14H2,1-2H3. The number of hydrogen-bond donors (Lipinski definition) is 1. The average molecular weight is 219 g/mol. The molecule has 16 heavy (non-hydrogen) atoms. The van der Waals surface area contributed by atoms with Gasteiger partial charge in [0.25, 0.3) is 0 Å². The predicted molar refractivity (Wildman–Crippen MR) is 66.0 cm³/mol. The Hall–Kier alpha value is -0.930. The van der Waals surface area contributed by atoms with Crippen molar-refractivity contribution in [3.63, 3.8) is 0 Å². The maximum absolute atomic E-state index is 5.74. The summed E-state index contributed by atoms with van der Waals surface area (Å²) >= 11 is 0. The molecule has 0 radical (unpaired) electrons. The van der Waals surface area contributed by atoms with Crippen molar-refractivity contribution in [3.05, 3.63) is 29.6 Å². The second-order valence-corrected chi connectivity index (χ2v) is 4.88. The Morgan fingerprint density at radius 3 is 3.00 bits per heavy atom. The molecular weight excluding hydrogens is 198 g/mol. The van der Waals surface area contributed by atoms with Crippen LogP contribution in [-0.4, -0.2) is 29.0 Å². The monoisotopic (exact) mass is 219 g/mol. The Kier molecular flexibility index (Phi) is 3.56. The molecule has 2 unspecified atom stereocenters. The molecule has 2 N–H and O–H groups in total. The smallest absolute Gasteiger partial charge is 0.0573 e. The Balaban J connectivity index is 2.03. The Morgan fingerprint density at radius 1 is 1.56 bits per heavy atom. The number of aryl methyl sites for hydroxylation is 1. The Morgan fingerprint density at radius 2 is 2.38 bits per heavy atom. The maximum Gasteiger partial charge on any atom is 0.0573 e. The van der Waals surface area contributed by atoms with E-state index in [-0.39, 0.29) is 0 Å². The first kappa shape index (κ1) is 11.6. The summed E-state index contributed by atoms with van der Waals surface area (Å²) < 4.78 is 0. The van der Waals surface area contributed by atoms with Crippen LogP contribution in [-0.2, 0) is 6.54 Å². The first-order chi connectivity index (χ1) is 7.70. The van der Waals surface area contributed by atoms with Gasteiger partial charge in [0.1, 0.15) is 0 Å². The van der Waals surface area contributed by atoms with Crippen molar-refractivity contribution in [3.8, 4) is 0 Å². The predicted octanol–water partition coefficient (Wildman–Crippen LogP) is 1.56. The highest BCUT2D eigenvalue weighted by molar-refractivity contribution is 5.17. The summed E-state index contributed by atoms with van der Waals surface area (Å²) in [5.74, 6) is 0.666. The van der Waals surface area contributed by atoms with Gasteiger partial charge in [-0.3, -0.25) is 9.88 Å². The van der Waals surface area contributed by atoms with Crippen LogP contribution in [0.2, 0.25) is 0 Å². The lowest BCUT2D eigenvalue weighted by Gasteiger charge is -2.21. The van der Waals surface area contributed by atoms with Crippen molar-refractivity contribution in [1.82, 2.24) is 9.88 Å². The van der Waals surface area contributed by atoms with Gasteiger partial charge in [0, 0.05) is 25.3 Å². The third-order valence-electron chi connectivity index (χ3n) is 3.59. The van der Waals surface area contributed by atoms with Crippen LogP contribution in [0, 0.1) is 12.8 Å². The molecule has 0 amide bonds. The van der Waals surface area contributed by atoms with Crippen LogP contribution in [0.15, 0.2) is 18.3 Å². The zero-order chi connectivity index (χ0) is 11.5. The summed E-state index contributed by atoms with van der Waals surface area (Å²) in [5, 5.41) is 0. The lowest BCUT2D eigenvalue weighted by atomic mass is 10.1. The molecule has 1 aromatic heterocycles. The van der Waals surface area contributed by atoms with Gasteiger partial charge in [-0.15, -0.1) is 0 Å². The zero-order valence-electron chi connectivity index (χ0n) is 10.2. The summed E-state index contributed by atoms with van der Waals surface area (Å²) in [5.41, 5.74) is 8.22. The molecular formula is C13H21N3. The summed E-state index contributed by atoms with van der Waals surface area (Å²) in [7, 11) is 0. The van der Waals surface area contributed by atoms with Gasteiger partial charge in [-0.2, -0.15) is 0 Å². The van der Waals surface area contributed by atoms with E-state index < -0.39 is 0 Å². The fourth-order valence-corrected chi connectivity index (χ4v) is 2.49. The van der Waals surface area contributed by atoms with E-state index in [0.717, 1.165) is 19.6 Å². The Labute approximate surface area is 97.7 Å². The minimum atomic E-state index is 0.634. The van der Waals surface area contributed by atoms with Crippen molar-refractivity contribution in [2.24, 2.45) is 11.7 Å². The highest BCUT2D eigenvalue weighted by atomic mass is 15.2. The van der Waals surface area contributed by atoms with Crippen LogP contribution in [0.25, 0.3) is 0 Å². The molecule has 2 atom stereocenters. The number of hydrogen-bond acceptors (Lipinski definition) is 3. The van der Waals surface area contributed by atoms with Crippen LogP contribution in [0.1, 0.15) is 24.6 Å². The van der Waals surface area contributed by atoms with Gasteiger partial charge < -0.3 is 5.73 Å². The van der Waals surface area contributed by atoms with E-state index in [1.807, 2.05) is 12.3 Å². The van der Waals surface area contributed by atoms with E-state index >= 15 is 0 Å². The molecule has 1 fully saturated rings. The largest absolute Gasteiger partial charge is 0.330 e. The van der Waals surface area contributed by atoms with Crippen molar-refractivity contribution in [2.75, 3.05) is 13.1 Å². The molecule has 1 aromatic rings. The fourth-order valence-electron chi connectivity index (χ4n) is 2.49. The lowest BCUT2D eigenvalue weighted by molar-refractivity contribution is 0.252. The third kappa shape index (κ3) is 2.42. The number of pyridine rings is 1. The number of likely N-dealkylation sites (tertiary alicyclic amines) is 1. The summed E-state index contributed by atoms with van der Waals surface area (Å²) in [6, 6.07) is 4.76. The van der Waals surface area contributed by atoms with E-state index in [1.54, 1.807) is 0 Å². The molecule has 2 heterocycles. The highest BCUT2D eigenvalue weighted by Crippen LogP contribution is 2.24. The normalized spacial score (nSPS) is 26.2. The van der Waals surface area contributed by atoms with E-state index in [2.05, 4.69) is 29.8 Å². The molecule has 1 aliphatic rings. The first-order valence-electron chi connectivity index (χ1n) is 6.05. The molecule has 0 aliphatic carbocycles. The first-order valence-corrected chi connectivity index (χ1v) is 6.05. The third-order valence-corrected chi connectivity index (χ3v) is 3.59. The van der Waals surface area contributed by atoms with E-state index in [9.17, 15) is 0 Å². The molecule has 88 valence electrons. The molecule has 1 saturated heterocycles. The van der Waals surface area contributed by atoms with Crippen LogP contribution >= 0.6 is 0 Å². The number of nitrogens with zero attached hydrogens (tertiary/aromatic N) is 2. The minimum absolute atomic E-state index is 0.634. The molecule has 3 heteroatoms. The van der Waals surface area contributed by atoms with Crippen molar-refractivity contribution >= 4 is 0 Å². The summed E-state index contributed by atoms with van der Waals surface area (Å²) in [6.07, 6.45) is 3.10. The van der Waals surface area contributed by atoms with Gasteiger partial charge >= 0.3 is 0 Å². The van der Waals surface area contributed by atoms with Gasteiger partial charge in [0.05, 0.1) is 5.69 Å². The molecule has 0 aromatic carbocycles. The molecule has 0 spiro atoms. The summed E-state index contributed by atoms with van der Waals surface area (Å²) in [6.45, 7) is 7.30. The van der Waals surface area contributed by atoms with Gasteiger partial charge in [-0.1, -0.05) is 6.07 Å². The van der Waals surface area contributed by atoms with Crippen LogP contribution in [0.3, 0.4) is 0 Å². The van der Waals surface area contributed by atoms with Crippen LogP contribution < -0.4 is 5.73 Å². The van der Waals surface area contributed by atoms with Crippen molar-refractivity contribution in [2.45, 2.75) is 32.9 Å². The van der Waals surface area contributed by atoms with Gasteiger partial charge in [0.2, 0.25) is 0 Å². The second kappa shape index (κ2) is 4.93. The van der Waals surface area contributed by atoms with Gasteiger partial charge in [-0.05, 0) is 44.4 Å². The fraction of sp³-hybridized carbons (Fsp3) is 0.615. The van der Waals surface area contributed by atoms with E-state index in [1.165, 1.54) is 17.7 Å². The quantitative estimate of drug-likeness (QED) is 0.839. The van der Waals surface area contributed by atoms with Gasteiger partial charge in [0.15, 0.2) is 0 Å². The SMILES string of the molecule is Cc1cccnc1CN1CC(CN)CC1C. The number of rotatable bonds is 3. The van der Waals surface area contributed by atoms with Crippen molar-refractivity contribution < 1.29 is 0 Å². The van der Waals surface area contributed by atoms with E-state index in [0.29, 0.717) is 12.0 Å². The molecule has 1 aliphatic heterocycles. The van der Waals surface area contributed by atoms with Gasteiger partial charge in [-0.25, -0.2) is 0 Å². The zero-order valence-corrected chi connectivity index (χ0v) is 10.2. The second-order valence-electron chi connectivity index (χ2n) is 4.88. The van der Waals surface area contributed by atoms with Crippen LogP contribution in [0.4, 0.5) is 0 Å². The van der Waals surface area contributed by atoms with Crippen LogP contribution in [0.5, 0.6) is 0 Å². The average Bonchev–Trinajstić information content (AvgIpc) is 2.63. The minimum Gasteiger partial charge on any atom is -0.330 e. The molecule has 0 saturated carbocycles. The lowest BCUT2D eigenvalue weighted by Crippen LogP contribution is -2.28.